The average molecular weight is 283 g/mol. The first-order valence-corrected chi connectivity index (χ1v) is 10.8. The highest BCUT2D eigenvalue weighted by Crippen LogP contribution is 2.45. The molecule has 20 heavy (non-hydrogen) atoms. The highest BCUT2D eigenvalue weighted by atomic mass is 28.3. The molecule has 0 bridgehead atoms. The van der Waals surface area contributed by atoms with Crippen LogP contribution < -0.4 is 5.19 Å². The van der Waals surface area contributed by atoms with Crippen LogP contribution in [0.1, 0.15) is 39.0 Å². The molecule has 1 saturated carbocycles. The molecule has 2 atom stereocenters. The topological polar surface area (TPSA) is 0 Å². The summed E-state index contributed by atoms with van der Waals surface area (Å²) >= 11 is 0. The van der Waals surface area contributed by atoms with Crippen molar-refractivity contribution < 1.29 is 0 Å². The van der Waals surface area contributed by atoms with Crippen LogP contribution in [0.5, 0.6) is 0 Å². The van der Waals surface area contributed by atoms with Crippen LogP contribution >= 0.6 is 0 Å². The Hall–Kier alpha value is -1.08. The number of hydrogen-bond donors (Lipinski definition) is 0. The summed E-state index contributed by atoms with van der Waals surface area (Å²) in [7, 11) is -1.50. The Balaban J connectivity index is 2.00. The van der Waals surface area contributed by atoms with Gasteiger partial charge in [0.25, 0.3) is 0 Å². The standard InChI is InChI=1S/C19H26Si/c1-16-13-14-19(15-16)20(2,17-9-5-3-6-10-17)18-11-7-4-8-12-18/h3,5-6,9-10,13-15,18-19H,4,7-8,11-12H2,1-2H3. The van der Waals surface area contributed by atoms with Crippen LogP contribution in [0.3, 0.4) is 0 Å². The summed E-state index contributed by atoms with van der Waals surface area (Å²) in [5.41, 5.74) is 3.11. The fourth-order valence-corrected chi connectivity index (χ4v) is 9.25. The highest BCUT2D eigenvalue weighted by molar-refractivity contribution is 6.94. The summed E-state index contributed by atoms with van der Waals surface area (Å²) in [5, 5.41) is 1.66. The summed E-state index contributed by atoms with van der Waals surface area (Å²) in [6.45, 7) is 4.89. The fraction of sp³-hybridized carbons (Fsp3) is 0.474. The summed E-state index contributed by atoms with van der Waals surface area (Å²) in [4.78, 5) is 0. The smallest absolute Gasteiger partial charge is 0.0797 e. The van der Waals surface area contributed by atoms with E-state index in [2.05, 4.69) is 62.0 Å². The van der Waals surface area contributed by atoms with Crippen LogP contribution in [0.25, 0.3) is 0 Å². The van der Waals surface area contributed by atoms with E-state index < -0.39 is 8.07 Å². The predicted molar refractivity (Wildman–Crippen MR) is 91.2 cm³/mol. The second-order valence-corrected chi connectivity index (χ2v) is 11.4. The molecule has 0 saturated heterocycles. The minimum Gasteiger partial charge on any atom is -0.0797 e. The van der Waals surface area contributed by atoms with Gasteiger partial charge in [-0.3, -0.25) is 0 Å². The van der Waals surface area contributed by atoms with E-state index in [0.29, 0.717) is 5.54 Å². The normalized spacial score (nSPS) is 26.3. The van der Waals surface area contributed by atoms with Crippen molar-refractivity contribution in [3.8, 4) is 0 Å². The van der Waals surface area contributed by atoms with Gasteiger partial charge in [0.2, 0.25) is 0 Å². The molecular formula is C19H26Si. The third-order valence-electron chi connectivity index (χ3n) is 5.55. The molecule has 1 fully saturated rings. The molecule has 1 heteroatoms. The maximum Gasteiger partial charge on any atom is 0.0972 e. The lowest BCUT2D eigenvalue weighted by Crippen LogP contribution is -2.52. The van der Waals surface area contributed by atoms with E-state index in [1.54, 1.807) is 5.19 Å². The van der Waals surface area contributed by atoms with Gasteiger partial charge in [-0.15, -0.1) is 0 Å². The van der Waals surface area contributed by atoms with Gasteiger partial charge >= 0.3 is 0 Å². The SMILES string of the molecule is CC1=CC([Si](C)(c2ccccc2)C2CCCCC2)C=C1. The van der Waals surface area contributed by atoms with Crippen molar-refractivity contribution in [1.82, 2.24) is 0 Å². The monoisotopic (exact) mass is 282 g/mol. The van der Waals surface area contributed by atoms with Gasteiger partial charge in [0, 0.05) is 0 Å². The van der Waals surface area contributed by atoms with Gasteiger partial charge in [0.15, 0.2) is 0 Å². The molecule has 106 valence electrons. The van der Waals surface area contributed by atoms with E-state index in [-0.39, 0.29) is 0 Å². The van der Waals surface area contributed by atoms with E-state index >= 15 is 0 Å². The van der Waals surface area contributed by atoms with Crippen LogP contribution in [-0.4, -0.2) is 8.07 Å². The molecule has 0 amide bonds. The lowest BCUT2D eigenvalue weighted by Gasteiger charge is -2.42. The molecule has 2 aliphatic carbocycles. The maximum absolute atomic E-state index is 2.64. The molecule has 1 aromatic carbocycles. The summed E-state index contributed by atoms with van der Waals surface area (Å²) in [6, 6.07) is 11.4. The van der Waals surface area contributed by atoms with E-state index in [1.807, 2.05) is 0 Å². The Kier molecular flexibility index (Phi) is 3.98. The second kappa shape index (κ2) is 5.73. The highest BCUT2D eigenvalue weighted by Gasteiger charge is 2.43. The van der Waals surface area contributed by atoms with Crippen LogP contribution in [0.4, 0.5) is 0 Å². The predicted octanol–water partition coefficient (Wildman–Crippen LogP) is 5.19. The molecular weight excluding hydrogens is 256 g/mol. The van der Waals surface area contributed by atoms with Crippen molar-refractivity contribution in [2.45, 2.75) is 56.7 Å². The Morgan fingerprint density at radius 3 is 2.30 bits per heavy atom. The van der Waals surface area contributed by atoms with Crippen molar-refractivity contribution in [2.75, 3.05) is 0 Å². The van der Waals surface area contributed by atoms with Crippen LogP contribution in [0, 0.1) is 0 Å². The number of hydrogen-bond acceptors (Lipinski definition) is 0. The zero-order chi connectivity index (χ0) is 14.0. The zero-order valence-corrected chi connectivity index (χ0v) is 13.8. The van der Waals surface area contributed by atoms with Crippen molar-refractivity contribution >= 4 is 13.3 Å². The number of benzene rings is 1. The van der Waals surface area contributed by atoms with Crippen LogP contribution in [0.2, 0.25) is 17.6 Å². The minimum absolute atomic E-state index is 0.702. The van der Waals surface area contributed by atoms with E-state index in [9.17, 15) is 0 Å². The Morgan fingerprint density at radius 2 is 1.70 bits per heavy atom. The first-order valence-electron chi connectivity index (χ1n) is 8.13. The summed E-state index contributed by atoms with van der Waals surface area (Å²) in [6.07, 6.45) is 14.6. The average Bonchev–Trinajstić information content (AvgIpc) is 2.95. The second-order valence-electron chi connectivity index (χ2n) is 6.78. The van der Waals surface area contributed by atoms with Gasteiger partial charge in [0.05, 0.1) is 8.07 Å². The molecule has 3 rings (SSSR count). The van der Waals surface area contributed by atoms with Crippen molar-refractivity contribution in [1.29, 1.82) is 0 Å². The molecule has 0 N–H and O–H groups in total. The molecule has 2 unspecified atom stereocenters. The van der Waals surface area contributed by atoms with Gasteiger partial charge < -0.3 is 0 Å². The Bertz CT molecular complexity index is 508. The Morgan fingerprint density at radius 1 is 1.00 bits per heavy atom. The Labute approximate surface area is 124 Å². The minimum atomic E-state index is -1.50. The molecule has 0 spiro atoms. The summed E-state index contributed by atoms with van der Waals surface area (Å²) in [5.74, 6) is 0. The lowest BCUT2D eigenvalue weighted by molar-refractivity contribution is 0.492. The quantitative estimate of drug-likeness (QED) is 0.669. The first kappa shape index (κ1) is 13.9. The van der Waals surface area contributed by atoms with Crippen molar-refractivity contribution in [3.63, 3.8) is 0 Å². The third-order valence-corrected chi connectivity index (χ3v) is 11.1. The first-order chi connectivity index (χ1) is 9.71. The molecule has 0 radical (unpaired) electrons. The largest absolute Gasteiger partial charge is 0.0972 e. The number of rotatable bonds is 3. The van der Waals surface area contributed by atoms with E-state index in [4.69, 9.17) is 0 Å². The molecule has 0 heterocycles. The molecule has 0 nitrogen and oxygen atoms in total. The number of allylic oxidation sites excluding steroid dienone is 4. The van der Waals surface area contributed by atoms with Crippen molar-refractivity contribution in [2.24, 2.45) is 0 Å². The van der Waals surface area contributed by atoms with Gasteiger partial charge in [-0.2, -0.15) is 0 Å². The van der Waals surface area contributed by atoms with Gasteiger partial charge in [-0.05, 0) is 18.0 Å². The van der Waals surface area contributed by atoms with Crippen LogP contribution in [0.15, 0.2) is 54.1 Å². The van der Waals surface area contributed by atoms with E-state index in [1.165, 1.54) is 37.7 Å². The maximum atomic E-state index is 2.64. The fourth-order valence-electron chi connectivity index (χ4n) is 4.22. The zero-order valence-electron chi connectivity index (χ0n) is 12.8. The lowest BCUT2D eigenvalue weighted by atomic mass is 10.0. The molecule has 1 aromatic rings. The third kappa shape index (κ3) is 2.44. The molecule has 2 aliphatic rings. The van der Waals surface area contributed by atoms with E-state index in [0.717, 1.165) is 5.54 Å². The van der Waals surface area contributed by atoms with Gasteiger partial charge in [-0.1, -0.05) is 98.0 Å². The van der Waals surface area contributed by atoms with Crippen molar-refractivity contribution in [3.05, 3.63) is 54.1 Å². The van der Waals surface area contributed by atoms with Gasteiger partial charge in [0.1, 0.15) is 0 Å². The molecule has 0 aliphatic heterocycles. The molecule has 0 aromatic heterocycles. The van der Waals surface area contributed by atoms with Crippen LogP contribution in [-0.2, 0) is 0 Å². The van der Waals surface area contributed by atoms with Gasteiger partial charge in [-0.25, -0.2) is 0 Å². The summed E-state index contributed by atoms with van der Waals surface area (Å²) < 4.78 is 0.